The van der Waals surface area contributed by atoms with Crippen LogP contribution in [0.4, 0.5) is 42.9 Å². The number of ether oxygens (including phenoxy) is 6. The first kappa shape index (κ1) is 63.9. The van der Waals surface area contributed by atoms with Crippen LogP contribution in [0.5, 0.6) is 23.0 Å². The lowest BCUT2D eigenvalue weighted by atomic mass is 9.67. The fourth-order valence-corrected chi connectivity index (χ4v) is 15.7. The summed E-state index contributed by atoms with van der Waals surface area (Å²) in [6, 6.07) is 92.7. The second kappa shape index (κ2) is 25.8. The molecule has 2 heterocycles. The van der Waals surface area contributed by atoms with Gasteiger partial charge in [0.1, 0.15) is 34.6 Å². The van der Waals surface area contributed by atoms with Gasteiger partial charge in [-0.1, -0.05) is 159 Å². The number of hydrogen-bond acceptors (Lipinski definition) is 8. The highest BCUT2D eigenvalue weighted by Gasteiger charge is 2.49. The molecule has 2 fully saturated rings. The molecule has 16 rings (SSSR count). The van der Waals surface area contributed by atoms with Crippen molar-refractivity contribution < 1.29 is 37.2 Å². The van der Waals surface area contributed by atoms with Crippen molar-refractivity contribution in [1.82, 2.24) is 0 Å². The standard InChI is InChI=1S/C90H78F2N2O6/c1-7-87(53-97-54-87)57-99-75-43-27-65(28-44-75)89(63-23-39-73(95-5)40-24-63)81-15-11-9-13-77(81)79-47-37-69(49-83(79)89)93(71-31-17-59(3)85(91)51-71)67-33-19-61(20-34-67)62-21-35-68(36-22-62)94(72-32-18-60(4)86(92)52-72)70-38-48-80-78-14-10-12-16-82(78)90(84(80)50-70,64-25-41-74(96-6)42-26-64)66-29-45-76(46-30-66)100-58-88(8-2)55-98-56-88/h9-52H,7-8,53-58H2,1-6H3. The van der Waals surface area contributed by atoms with Crippen LogP contribution in [0.25, 0.3) is 33.4 Å². The first-order valence-corrected chi connectivity index (χ1v) is 34.6. The highest BCUT2D eigenvalue weighted by molar-refractivity contribution is 5.92. The molecule has 12 aromatic rings. The Hall–Kier alpha value is -10.8. The zero-order chi connectivity index (χ0) is 68.3. The maximum absolute atomic E-state index is 16.1. The molecule has 2 aliphatic heterocycles. The second-order valence-corrected chi connectivity index (χ2v) is 27.5. The highest BCUT2D eigenvalue weighted by atomic mass is 19.1. The van der Waals surface area contributed by atoms with Crippen molar-refractivity contribution in [1.29, 1.82) is 0 Å². The van der Waals surface area contributed by atoms with Crippen LogP contribution in [0, 0.1) is 36.3 Å². The first-order valence-electron chi connectivity index (χ1n) is 34.6. The molecule has 2 atom stereocenters. The molecule has 0 saturated carbocycles. The number of halogens is 2. The van der Waals surface area contributed by atoms with Gasteiger partial charge in [-0.25, -0.2) is 8.78 Å². The van der Waals surface area contributed by atoms with E-state index in [1.807, 2.05) is 48.5 Å². The van der Waals surface area contributed by atoms with E-state index in [4.69, 9.17) is 28.4 Å². The number of fused-ring (bicyclic) bond motifs is 6. The first-order chi connectivity index (χ1) is 48.9. The van der Waals surface area contributed by atoms with E-state index in [-0.39, 0.29) is 22.5 Å². The number of hydrogen-bond donors (Lipinski definition) is 0. The second-order valence-electron chi connectivity index (χ2n) is 27.5. The van der Waals surface area contributed by atoms with Crippen LogP contribution >= 0.6 is 0 Å². The molecule has 2 saturated heterocycles. The third-order valence-corrected chi connectivity index (χ3v) is 21.8. The van der Waals surface area contributed by atoms with Crippen molar-refractivity contribution in [2.45, 2.75) is 51.4 Å². The SMILES string of the molecule is CCC1(COc2ccc(C3(c4ccc(OC)cc4)c4ccccc4-c4ccc(N(c5ccc(-c6ccc(N(c7ccc(C)c(F)c7)c7ccc8c(c7)C(c7ccc(OC)cc7)(c7ccc(OCC9(CC)COC9)cc7)c7ccccc7-8)cc6)cc5)c5ccc(C)c(F)c5)cc43)cc2)COC1. The van der Waals surface area contributed by atoms with Crippen molar-refractivity contribution in [3.05, 3.63) is 334 Å². The number of nitrogens with zero attached hydrogens (tertiary/aromatic N) is 2. The molecule has 0 N–H and O–H groups in total. The summed E-state index contributed by atoms with van der Waals surface area (Å²) in [7, 11) is 3.39. The van der Waals surface area contributed by atoms with E-state index in [0.717, 1.165) is 136 Å². The van der Waals surface area contributed by atoms with Gasteiger partial charge in [-0.2, -0.15) is 0 Å². The lowest BCUT2D eigenvalue weighted by molar-refractivity contribution is -0.133. The molecule has 0 radical (unpaired) electrons. The van der Waals surface area contributed by atoms with E-state index in [0.29, 0.717) is 62.1 Å². The van der Waals surface area contributed by atoms with Gasteiger partial charge in [-0.3, -0.25) is 0 Å². The Labute approximate surface area is 584 Å². The predicted octanol–water partition coefficient (Wildman–Crippen LogP) is 21.5. The monoisotopic (exact) mass is 1320 g/mol. The van der Waals surface area contributed by atoms with Gasteiger partial charge >= 0.3 is 0 Å². The minimum Gasteiger partial charge on any atom is -0.497 e. The van der Waals surface area contributed by atoms with Crippen molar-refractivity contribution >= 4 is 34.1 Å². The maximum atomic E-state index is 16.1. The zero-order valence-electron chi connectivity index (χ0n) is 57.2. The average molecular weight is 1320 g/mol. The molecular formula is C90H78F2N2O6. The Kier molecular flexibility index (Phi) is 16.5. The molecule has 8 nitrogen and oxygen atoms in total. The third kappa shape index (κ3) is 10.8. The third-order valence-electron chi connectivity index (χ3n) is 21.8. The van der Waals surface area contributed by atoms with Gasteiger partial charge in [0, 0.05) is 34.1 Å². The molecule has 2 aliphatic carbocycles. The summed E-state index contributed by atoms with van der Waals surface area (Å²) in [5.41, 5.74) is 19.7. The van der Waals surface area contributed by atoms with Crippen LogP contribution in [0.15, 0.2) is 267 Å². The Balaban J connectivity index is 0.772. The van der Waals surface area contributed by atoms with Gasteiger partial charge in [-0.15, -0.1) is 0 Å². The molecule has 4 aliphatic rings. The van der Waals surface area contributed by atoms with Gasteiger partial charge in [-0.05, 0) is 237 Å². The van der Waals surface area contributed by atoms with Crippen LogP contribution in [-0.4, -0.2) is 53.9 Å². The number of aryl methyl sites for hydroxylation is 2. The van der Waals surface area contributed by atoms with E-state index < -0.39 is 10.8 Å². The largest absolute Gasteiger partial charge is 0.497 e. The number of rotatable bonds is 21. The minimum atomic E-state index is -0.774. The van der Waals surface area contributed by atoms with E-state index >= 15 is 8.78 Å². The molecule has 0 spiro atoms. The zero-order valence-corrected chi connectivity index (χ0v) is 57.2. The molecule has 0 aromatic heterocycles. The fourth-order valence-electron chi connectivity index (χ4n) is 15.7. The number of methoxy groups -OCH3 is 2. The van der Waals surface area contributed by atoms with Crippen LogP contribution in [0.1, 0.15) is 82.3 Å². The van der Waals surface area contributed by atoms with Gasteiger partial charge < -0.3 is 38.2 Å². The molecule has 0 bridgehead atoms. The van der Waals surface area contributed by atoms with Gasteiger partial charge in [0.15, 0.2) is 0 Å². The summed E-state index contributed by atoms with van der Waals surface area (Å²) >= 11 is 0. The lowest BCUT2D eigenvalue weighted by Crippen LogP contribution is -2.46. The van der Waals surface area contributed by atoms with Gasteiger partial charge in [0.05, 0.1) is 75.5 Å². The predicted molar refractivity (Wildman–Crippen MR) is 396 cm³/mol. The Morgan fingerprint density at radius 2 is 0.650 bits per heavy atom. The van der Waals surface area contributed by atoms with Crippen molar-refractivity contribution in [3.8, 4) is 56.4 Å². The topological polar surface area (TPSA) is 61.9 Å². The van der Waals surface area contributed by atoms with Crippen molar-refractivity contribution in [3.63, 3.8) is 0 Å². The van der Waals surface area contributed by atoms with E-state index in [2.05, 4.69) is 230 Å². The molecule has 12 aromatic carbocycles. The van der Waals surface area contributed by atoms with Crippen LogP contribution in [0.3, 0.4) is 0 Å². The molecule has 0 amide bonds. The van der Waals surface area contributed by atoms with E-state index in [1.54, 1.807) is 40.2 Å². The Bertz CT molecular complexity index is 4680. The molecule has 10 heteroatoms. The van der Waals surface area contributed by atoms with Gasteiger partial charge in [0.25, 0.3) is 0 Å². The molecule has 100 heavy (non-hydrogen) atoms. The fraction of sp³-hybridized carbons (Fsp3) is 0.200. The van der Waals surface area contributed by atoms with E-state index in [1.165, 1.54) is 0 Å². The molecule has 498 valence electrons. The summed E-state index contributed by atoms with van der Waals surface area (Å²) < 4.78 is 68.0. The summed E-state index contributed by atoms with van der Waals surface area (Å²) in [5, 5.41) is 0. The maximum Gasteiger partial charge on any atom is 0.128 e. The molecule has 2 unspecified atom stereocenters. The molecular weight excluding hydrogens is 1240 g/mol. The lowest BCUT2D eigenvalue weighted by Gasteiger charge is -2.40. The van der Waals surface area contributed by atoms with Crippen LogP contribution in [-0.2, 0) is 20.3 Å². The van der Waals surface area contributed by atoms with E-state index in [9.17, 15) is 0 Å². The van der Waals surface area contributed by atoms with Crippen molar-refractivity contribution in [2.24, 2.45) is 10.8 Å². The summed E-state index contributed by atoms with van der Waals surface area (Å²) in [6.07, 6.45) is 1.97. The normalized spacial score (nSPS) is 17.2. The number of benzene rings is 12. The average Bonchev–Trinajstić information content (AvgIpc) is 1.54. The summed E-state index contributed by atoms with van der Waals surface area (Å²) in [4.78, 5) is 4.30. The Morgan fingerprint density at radius 3 is 0.970 bits per heavy atom. The van der Waals surface area contributed by atoms with Crippen LogP contribution in [0.2, 0.25) is 0 Å². The summed E-state index contributed by atoms with van der Waals surface area (Å²) in [5.74, 6) is 2.56. The van der Waals surface area contributed by atoms with Gasteiger partial charge in [0.2, 0.25) is 0 Å². The Morgan fingerprint density at radius 1 is 0.340 bits per heavy atom. The highest BCUT2D eigenvalue weighted by Crippen LogP contribution is 2.60. The quantitative estimate of drug-likeness (QED) is 0.0705. The minimum absolute atomic E-state index is 0.0299. The van der Waals surface area contributed by atoms with Crippen molar-refractivity contribution in [2.75, 3.05) is 63.7 Å². The number of anilines is 6. The van der Waals surface area contributed by atoms with Crippen LogP contribution < -0.4 is 28.7 Å². The summed E-state index contributed by atoms with van der Waals surface area (Å²) in [6.45, 7) is 12.0. The smallest absolute Gasteiger partial charge is 0.128 e.